The van der Waals surface area contributed by atoms with Gasteiger partial charge in [-0.3, -0.25) is 9.00 Å². The Morgan fingerprint density at radius 3 is 2.74 bits per heavy atom. The highest BCUT2D eigenvalue weighted by molar-refractivity contribution is 7.83. The zero-order chi connectivity index (χ0) is 19.1. The zero-order valence-corrected chi connectivity index (χ0v) is 16.5. The van der Waals surface area contributed by atoms with Crippen molar-refractivity contribution >= 4 is 34.1 Å². The summed E-state index contributed by atoms with van der Waals surface area (Å²) in [6.45, 7) is 4.06. The fourth-order valence-electron chi connectivity index (χ4n) is 3.20. The van der Waals surface area contributed by atoms with Gasteiger partial charge in [0.1, 0.15) is 5.82 Å². The molecule has 0 radical (unpaired) electrons. The minimum atomic E-state index is -0.984. The molecule has 1 atom stereocenters. The maximum Gasteiger partial charge on any atom is 0.256 e. The van der Waals surface area contributed by atoms with Gasteiger partial charge in [0.25, 0.3) is 5.91 Å². The van der Waals surface area contributed by atoms with E-state index >= 15 is 0 Å². The molecule has 0 aliphatic carbocycles. The molecule has 1 aliphatic rings. The summed E-state index contributed by atoms with van der Waals surface area (Å²) in [5.41, 5.74) is 5.19. The number of anilines is 1. The van der Waals surface area contributed by atoms with Crippen molar-refractivity contribution in [1.29, 1.82) is 0 Å². The second kappa shape index (κ2) is 6.94. The molecule has 0 saturated carbocycles. The Bertz CT molecular complexity index is 1090. The standard InChI is InChI=1S/C20H18ClN3O2S/c1-12-5-3-8-18(13(12)2)24-19(16-10-27(26)11-17(16)23-24)22-20(25)14-6-4-7-15(21)9-14/h3-9H,10-11H2,1-2H3,(H,22,25). The van der Waals surface area contributed by atoms with Crippen LogP contribution in [0.25, 0.3) is 5.69 Å². The summed E-state index contributed by atoms with van der Waals surface area (Å²) in [5.74, 6) is 1.11. The molecular weight excluding hydrogens is 382 g/mol. The lowest BCUT2D eigenvalue weighted by atomic mass is 10.1. The average Bonchev–Trinajstić information content (AvgIpc) is 3.14. The van der Waals surface area contributed by atoms with E-state index in [4.69, 9.17) is 11.6 Å². The van der Waals surface area contributed by atoms with Crippen LogP contribution in [0.15, 0.2) is 42.5 Å². The highest BCUT2D eigenvalue weighted by atomic mass is 35.5. The zero-order valence-electron chi connectivity index (χ0n) is 15.0. The first kappa shape index (κ1) is 17.9. The minimum absolute atomic E-state index is 0.274. The van der Waals surface area contributed by atoms with Gasteiger partial charge < -0.3 is 5.32 Å². The summed E-state index contributed by atoms with van der Waals surface area (Å²) in [5, 5.41) is 8.13. The number of nitrogens with zero attached hydrogens (tertiary/aromatic N) is 2. The highest BCUT2D eigenvalue weighted by Crippen LogP contribution is 2.33. The molecule has 1 amide bonds. The molecule has 2 aromatic carbocycles. The lowest BCUT2D eigenvalue weighted by Crippen LogP contribution is -2.17. The summed E-state index contributed by atoms with van der Waals surface area (Å²) in [7, 11) is -0.984. The fraction of sp³-hybridized carbons (Fsp3) is 0.200. The van der Waals surface area contributed by atoms with E-state index in [0.29, 0.717) is 27.9 Å². The van der Waals surface area contributed by atoms with Gasteiger partial charge in [-0.25, -0.2) is 4.68 Å². The van der Waals surface area contributed by atoms with Gasteiger partial charge in [-0.05, 0) is 49.2 Å². The Morgan fingerprint density at radius 2 is 1.96 bits per heavy atom. The Labute approximate surface area is 164 Å². The number of rotatable bonds is 3. The first-order valence-corrected chi connectivity index (χ1v) is 10.4. The third-order valence-corrected chi connectivity index (χ3v) is 6.23. The van der Waals surface area contributed by atoms with E-state index in [1.807, 2.05) is 32.0 Å². The normalized spacial score (nSPS) is 15.6. The van der Waals surface area contributed by atoms with Gasteiger partial charge in [0.2, 0.25) is 0 Å². The maximum atomic E-state index is 12.8. The molecule has 0 spiro atoms. The van der Waals surface area contributed by atoms with Crippen LogP contribution < -0.4 is 5.32 Å². The third-order valence-electron chi connectivity index (χ3n) is 4.79. The van der Waals surface area contributed by atoms with Gasteiger partial charge in [-0.2, -0.15) is 5.10 Å². The van der Waals surface area contributed by atoms with Gasteiger partial charge in [0.05, 0.1) is 22.9 Å². The van der Waals surface area contributed by atoms with E-state index < -0.39 is 10.8 Å². The molecule has 1 unspecified atom stereocenters. The number of aromatic nitrogens is 2. The number of fused-ring (bicyclic) bond motifs is 1. The van der Waals surface area contributed by atoms with E-state index in [1.54, 1.807) is 28.9 Å². The van der Waals surface area contributed by atoms with E-state index in [-0.39, 0.29) is 5.91 Å². The molecule has 27 heavy (non-hydrogen) atoms. The number of aryl methyl sites for hydroxylation is 1. The number of hydrogen-bond donors (Lipinski definition) is 1. The van der Waals surface area contributed by atoms with Gasteiger partial charge in [0.15, 0.2) is 0 Å². The second-order valence-electron chi connectivity index (χ2n) is 6.60. The van der Waals surface area contributed by atoms with Gasteiger partial charge in [0, 0.05) is 26.9 Å². The quantitative estimate of drug-likeness (QED) is 0.719. The Kier molecular flexibility index (Phi) is 4.61. The van der Waals surface area contributed by atoms with Crippen LogP contribution in [-0.4, -0.2) is 19.9 Å². The Morgan fingerprint density at radius 1 is 1.19 bits per heavy atom. The molecular formula is C20H18ClN3O2S. The smallest absolute Gasteiger partial charge is 0.256 e. The molecule has 5 nitrogen and oxygen atoms in total. The molecule has 0 bridgehead atoms. The number of benzene rings is 2. The van der Waals surface area contributed by atoms with Crippen molar-refractivity contribution in [3.8, 4) is 5.69 Å². The number of carbonyl (C=O) groups excluding carboxylic acids is 1. The van der Waals surface area contributed by atoms with Crippen molar-refractivity contribution in [2.75, 3.05) is 5.32 Å². The van der Waals surface area contributed by atoms with Gasteiger partial charge >= 0.3 is 0 Å². The molecule has 1 aromatic heterocycles. The summed E-state index contributed by atoms with van der Waals surface area (Å²) < 4.78 is 13.8. The molecule has 3 aromatic rings. The fourth-order valence-corrected chi connectivity index (χ4v) is 4.66. The lowest BCUT2D eigenvalue weighted by Gasteiger charge is -2.14. The van der Waals surface area contributed by atoms with Crippen LogP contribution in [0.3, 0.4) is 0 Å². The van der Waals surface area contributed by atoms with Crippen molar-refractivity contribution in [1.82, 2.24) is 9.78 Å². The van der Waals surface area contributed by atoms with Crippen LogP contribution in [0, 0.1) is 13.8 Å². The first-order chi connectivity index (χ1) is 12.9. The predicted octanol–water partition coefficient (Wildman–Crippen LogP) is 4.16. The third kappa shape index (κ3) is 3.31. The number of halogens is 1. The van der Waals surface area contributed by atoms with Crippen molar-refractivity contribution in [2.24, 2.45) is 0 Å². The first-order valence-electron chi connectivity index (χ1n) is 8.53. The highest BCUT2D eigenvalue weighted by Gasteiger charge is 2.29. The second-order valence-corrected chi connectivity index (χ2v) is 8.49. The van der Waals surface area contributed by atoms with Crippen molar-refractivity contribution in [3.63, 3.8) is 0 Å². The van der Waals surface area contributed by atoms with Crippen LogP contribution in [0.1, 0.15) is 32.7 Å². The Balaban J connectivity index is 1.80. The average molecular weight is 400 g/mol. The summed E-state index contributed by atoms with van der Waals surface area (Å²) in [4.78, 5) is 12.8. The Hall–Kier alpha value is -2.44. The molecule has 4 rings (SSSR count). The summed E-state index contributed by atoms with van der Waals surface area (Å²) >= 11 is 6.01. The largest absolute Gasteiger partial charge is 0.306 e. The summed E-state index contributed by atoms with van der Waals surface area (Å²) in [6.07, 6.45) is 0. The number of nitrogens with one attached hydrogen (secondary N) is 1. The van der Waals surface area contributed by atoms with Crippen molar-refractivity contribution in [3.05, 3.63) is 75.4 Å². The van der Waals surface area contributed by atoms with Crippen molar-refractivity contribution in [2.45, 2.75) is 25.4 Å². The molecule has 0 saturated heterocycles. The lowest BCUT2D eigenvalue weighted by molar-refractivity contribution is 0.102. The molecule has 138 valence electrons. The monoisotopic (exact) mass is 399 g/mol. The van der Waals surface area contributed by atoms with E-state index in [0.717, 1.165) is 28.1 Å². The minimum Gasteiger partial charge on any atom is -0.306 e. The van der Waals surface area contributed by atoms with Crippen molar-refractivity contribution < 1.29 is 9.00 Å². The topological polar surface area (TPSA) is 64.0 Å². The maximum absolute atomic E-state index is 12.8. The molecule has 1 aliphatic heterocycles. The van der Waals surface area contributed by atoms with Crippen LogP contribution in [0.4, 0.5) is 5.82 Å². The van der Waals surface area contributed by atoms with Gasteiger partial charge in [-0.15, -0.1) is 0 Å². The van der Waals surface area contributed by atoms with E-state index in [9.17, 15) is 9.00 Å². The SMILES string of the molecule is Cc1cccc(-n2nc3c(c2NC(=O)c2cccc(Cl)c2)CS(=O)C3)c1C. The van der Waals surface area contributed by atoms with Crippen LogP contribution in [-0.2, 0) is 22.3 Å². The van der Waals surface area contributed by atoms with Crippen LogP contribution in [0.5, 0.6) is 0 Å². The molecule has 0 fully saturated rings. The molecule has 7 heteroatoms. The van der Waals surface area contributed by atoms with E-state index in [2.05, 4.69) is 10.4 Å². The molecule has 1 N–H and O–H groups in total. The summed E-state index contributed by atoms with van der Waals surface area (Å²) in [6, 6.07) is 12.8. The number of amides is 1. The van der Waals surface area contributed by atoms with E-state index in [1.165, 1.54) is 0 Å². The van der Waals surface area contributed by atoms with Gasteiger partial charge in [-0.1, -0.05) is 29.8 Å². The number of hydrogen-bond acceptors (Lipinski definition) is 3. The van der Waals surface area contributed by atoms with Crippen LogP contribution in [0.2, 0.25) is 5.02 Å². The number of carbonyl (C=O) groups is 1. The van der Waals surface area contributed by atoms with Crippen LogP contribution >= 0.6 is 11.6 Å². The molecule has 2 heterocycles. The predicted molar refractivity (Wildman–Crippen MR) is 108 cm³/mol.